The molecule has 0 spiro atoms. The zero-order valence-corrected chi connectivity index (χ0v) is 8.36. The van der Waals surface area contributed by atoms with Crippen molar-refractivity contribution >= 4 is 0 Å². The van der Waals surface area contributed by atoms with E-state index in [0.717, 1.165) is 0 Å². The predicted octanol–water partition coefficient (Wildman–Crippen LogP) is 1.54. The summed E-state index contributed by atoms with van der Waals surface area (Å²) in [7, 11) is 0. The molecule has 0 amide bonds. The SMILES string of the molecule is CC=C1OCC(C2COC(=CC)O2)O1. The number of ether oxygens (including phenoxy) is 4. The molecule has 0 radical (unpaired) electrons. The smallest absolute Gasteiger partial charge is 0.275 e. The zero-order chi connectivity index (χ0) is 9.97. The van der Waals surface area contributed by atoms with Crippen LogP contribution in [-0.2, 0) is 18.9 Å². The quantitative estimate of drug-likeness (QED) is 0.640. The first-order valence-electron chi connectivity index (χ1n) is 4.75. The van der Waals surface area contributed by atoms with E-state index in [1.807, 2.05) is 13.8 Å². The van der Waals surface area contributed by atoms with Crippen molar-refractivity contribution in [2.45, 2.75) is 26.1 Å². The van der Waals surface area contributed by atoms with Gasteiger partial charge in [-0.3, -0.25) is 0 Å². The minimum Gasteiger partial charge on any atom is -0.462 e. The van der Waals surface area contributed by atoms with E-state index in [9.17, 15) is 0 Å². The van der Waals surface area contributed by atoms with Gasteiger partial charge in [-0.25, -0.2) is 0 Å². The molecule has 0 bridgehead atoms. The Kier molecular flexibility index (Phi) is 2.52. The normalized spacial score (nSPS) is 36.4. The Morgan fingerprint density at radius 1 is 0.929 bits per heavy atom. The molecule has 2 unspecified atom stereocenters. The molecule has 2 aliphatic heterocycles. The standard InChI is InChI=1S/C10H14O4/c1-3-9-11-5-7(13-9)8-6-12-10(4-2)14-8/h3-4,7-8H,5-6H2,1-2H3. The summed E-state index contributed by atoms with van der Waals surface area (Å²) in [6.07, 6.45) is 3.48. The lowest BCUT2D eigenvalue weighted by Gasteiger charge is -2.12. The highest BCUT2D eigenvalue weighted by Crippen LogP contribution is 2.25. The average molecular weight is 198 g/mol. The van der Waals surface area contributed by atoms with Gasteiger partial charge in [0.15, 0.2) is 12.2 Å². The summed E-state index contributed by atoms with van der Waals surface area (Å²) < 4.78 is 21.5. The second-order valence-electron chi connectivity index (χ2n) is 3.15. The highest BCUT2D eigenvalue weighted by atomic mass is 16.8. The third-order valence-corrected chi connectivity index (χ3v) is 2.20. The van der Waals surface area contributed by atoms with Crippen LogP contribution in [0, 0.1) is 0 Å². The van der Waals surface area contributed by atoms with Crippen molar-refractivity contribution in [3.63, 3.8) is 0 Å². The lowest BCUT2D eigenvalue weighted by molar-refractivity contribution is 0.0318. The maximum Gasteiger partial charge on any atom is 0.275 e. The van der Waals surface area contributed by atoms with Crippen molar-refractivity contribution in [1.29, 1.82) is 0 Å². The van der Waals surface area contributed by atoms with Gasteiger partial charge in [-0.2, -0.15) is 0 Å². The molecule has 2 heterocycles. The summed E-state index contributed by atoms with van der Waals surface area (Å²) in [5.41, 5.74) is 0. The van der Waals surface area contributed by atoms with Crippen molar-refractivity contribution in [3.8, 4) is 0 Å². The van der Waals surface area contributed by atoms with Gasteiger partial charge in [-0.05, 0) is 26.0 Å². The lowest BCUT2D eigenvalue weighted by Crippen LogP contribution is -2.29. The summed E-state index contributed by atoms with van der Waals surface area (Å²) in [5, 5.41) is 0. The summed E-state index contributed by atoms with van der Waals surface area (Å²) in [4.78, 5) is 0. The molecular weight excluding hydrogens is 184 g/mol. The summed E-state index contributed by atoms with van der Waals surface area (Å²) >= 11 is 0. The van der Waals surface area contributed by atoms with Crippen LogP contribution in [0.1, 0.15) is 13.8 Å². The van der Waals surface area contributed by atoms with Crippen molar-refractivity contribution < 1.29 is 18.9 Å². The first kappa shape index (κ1) is 9.24. The van der Waals surface area contributed by atoms with Crippen LogP contribution >= 0.6 is 0 Å². The third-order valence-electron chi connectivity index (χ3n) is 2.20. The molecule has 4 nitrogen and oxygen atoms in total. The van der Waals surface area contributed by atoms with E-state index < -0.39 is 0 Å². The summed E-state index contributed by atoms with van der Waals surface area (Å²) in [6, 6.07) is 0. The minimum absolute atomic E-state index is 0.0568. The molecule has 2 fully saturated rings. The number of rotatable bonds is 1. The number of hydrogen-bond acceptors (Lipinski definition) is 4. The lowest BCUT2D eigenvalue weighted by atomic mass is 10.2. The van der Waals surface area contributed by atoms with Crippen LogP contribution in [0.25, 0.3) is 0 Å². The van der Waals surface area contributed by atoms with Crippen molar-refractivity contribution in [3.05, 3.63) is 24.0 Å². The van der Waals surface area contributed by atoms with Gasteiger partial charge in [0.05, 0.1) is 0 Å². The fourth-order valence-corrected chi connectivity index (χ4v) is 1.43. The summed E-state index contributed by atoms with van der Waals surface area (Å²) in [6.45, 7) is 4.82. The first-order valence-corrected chi connectivity index (χ1v) is 4.75. The molecule has 2 saturated heterocycles. The Hall–Kier alpha value is -1.32. The maximum absolute atomic E-state index is 5.49. The van der Waals surface area contributed by atoms with E-state index >= 15 is 0 Å². The fourth-order valence-electron chi connectivity index (χ4n) is 1.43. The van der Waals surface area contributed by atoms with Gasteiger partial charge < -0.3 is 18.9 Å². The van der Waals surface area contributed by atoms with E-state index in [1.165, 1.54) is 0 Å². The molecule has 14 heavy (non-hydrogen) atoms. The van der Waals surface area contributed by atoms with Crippen molar-refractivity contribution in [1.82, 2.24) is 0 Å². The topological polar surface area (TPSA) is 36.9 Å². The third kappa shape index (κ3) is 1.64. The molecule has 0 aromatic rings. The average Bonchev–Trinajstić information content (AvgIpc) is 2.86. The van der Waals surface area contributed by atoms with Crippen LogP contribution in [0.15, 0.2) is 24.0 Å². The molecule has 2 rings (SSSR count). The first-order chi connectivity index (χ1) is 6.83. The van der Waals surface area contributed by atoms with Crippen LogP contribution < -0.4 is 0 Å². The largest absolute Gasteiger partial charge is 0.462 e. The van der Waals surface area contributed by atoms with Crippen LogP contribution in [0.2, 0.25) is 0 Å². The van der Waals surface area contributed by atoms with Gasteiger partial charge in [0.25, 0.3) is 11.9 Å². The molecule has 0 aromatic heterocycles. The highest BCUT2D eigenvalue weighted by molar-refractivity contribution is 4.94. The van der Waals surface area contributed by atoms with Crippen LogP contribution in [0.3, 0.4) is 0 Å². The molecule has 78 valence electrons. The fraction of sp³-hybridized carbons (Fsp3) is 0.600. The predicted molar refractivity (Wildman–Crippen MR) is 49.2 cm³/mol. The van der Waals surface area contributed by atoms with Gasteiger partial charge in [0, 0.05) is 0 Å². The molecule has 0 saturated carbocycles. The second kappa shape index (κ2) is 3.82. The molecule has 0 N–H and O–H groups in total. The molecule has 4 heteroatoms. The molecule has 0 aliphatic carbocycles. The summed E-state index contributed by atoms with van der Waals surface area (Å²) in [5.74, 6) is 1.15. The highest BCUT2D eigenvalue weighted by Gasteiger charge is 2.36. The Balaban J connectivity index is 1.92. The van der Waals surface area contributed by atoms with Gasteiger partial charge in [0.1, 0.15) is 13.2 Å². The Bertz CT molecular complexity index is 241. The van der Waals surface area contributed by atoms with E-state index in [1.54, 1.807) is 12.2 Å². The van der Waals surface area contributed by atoms with Gasteiger partial charge in [-0.15, -0.1) is 0 Å². The molecule has 2 aliphatic rings. The monoisotopic (exact) mass is 198 g/mol. The van der Waals surface area contributed by atoms with E-state index in [-0.39, 0.29) is 12.2 Å². The minimum atomic E-state index is -0.0568. The van der Waals surface area contributed by atoms with Crippen LogP contribution in [-0.4, -0.2) is 25.4 Å². The molecule has 2 atom stereocenters. The van der Waals surface area contributed by atoms with Gasteiger partial charge in [0.2, 0.25) is 0 Å². The maximum atomic E-state index is 5.49. The molecule has 0 aromatic carbocycles. The Morgan fingerprint density at radius 2 is 1.36 bits per heavy atom. The van der Waals surface area contributed by atoms with Crippen molar-refractivity contribution in [2.24, 2.45) is 0 Å². The van der Waals surface area contributed by atoms with Crippen LogP contribution in [0.5, 0.6) is 0 Å². The van der Waals surface area contributed by atoms with Gasteiger partial charge >= 0.3 is 0 Å². The Morgan fingerprint density at radius 3 is 1.64 bits per heavy atom. The zero-order valence-electron chi connectivity index (χ0n) is 8.36. The van der Waals surface area contributed by atoms with E-state index in [4.69, 9.17) is 18.9 Å². The number of hydrogen-bond donors (Lipinski definition) is 0. The van der Waals surface area contributed by atoms with Crippen LogP contribution in [0.4, 0.5) is 0 Å². The second-order valence-corrected chi connectivity index (χ2v) is 3.15. The van der Waals surface area contributed by atoms with Gasteiger partial charge in [-0.1, -0.05) is 0 Å². The van der Waals surface area contributed by atoms with Crippen molar-refractivity contribution in [2.75, 3.05) is 13.2 Å². The Labute approximate surface area is 83.1 Å². The van der Waals surface area contributed by atoms with E-state index in [2.05, 4.69) is 0 Å². The van der Waals surface area contributed by atoms with E-state index in [0.29, 0.717) is 25.1 Å². The number of allylic oxidation sites excluding steroid dienone is 2. The molecular formula is C10H14O4.